The first-order valence-corrected chi connectivity index (χ1v) is 12.3. The number of ether oxygens (including phenoxy) is 1. The minimum atomic E-state index is -0.554. The number of hydrogen-bond acceptors (Lipinski definition) is 6. The molecule has 4 rings (SSSR count). The van der Waals surface area contributed by atoms with Crippen LogP contribution in [0.5, 0.6) is 0 Å². The van der Waals surface area contributed by atoms with E-state index in [1.54, 1.807) is 11.0 Å². The lowest BCUT2D eigenvalue weighted by molar-refractivity contribution is -0.123. The molecule has 2 saturated heterocycles. The Morgan fingerprint density at radius 2 is 1.86 bits per heavy atom. The van der Waals surface area contributed by atoms with E-state index in [4.69, 9.17) is 27.9 Å². The van der Waals surface area contributed by atoms with Crippen LogP contribution in [0.3, 0.4) is 0 Å². The maximum absolute atomic E-state index is 15.5. The van der Waals surface area contributed by atoms with Gasteiger partial charge < -0.3 is 15.0 Å². The maximum Gasteiger partial charge on any atom is 0.410 e. The summed E-state index contributed by atoms with van der Waals surface area (Å²) in [4.78, 5) is 28.5. The van der Waals surface area contributed by atoms with Gasteiger partial charge in [0, 0.05) is 26.2 Å². The molecule has 2 aliphatic rings. The number of carbonyl (C=O) groups is 2. The number of amides is 2. The highest BCUT2D eigenvalue weighted by Crippen LogP contribution is 2.39. The predicted molar refractivity (Wildman–Crippen MR) is 132 cm³/mol. The van der Waals surface area contributed by atoms with Crippen molar-refractivity contribution in [3.63, 3.8) is 0 Å². The van der Waals surface area contributed by atoms with Crippen LogP contribution in [0.4, 0.5) is 20.6 Å². The maximum atomic E-state index is 15.5. The Kier molecular flexibility index (Phi) is 7.49. The molecule has 3 heterocycles. The van der Waals surface area contributed by atoms with Gasteiger partial charge in [-0.15, -0.1) is 5.10 Å². The molecule has 35 heavy (non-hydrogen) atoms. The molecule has 2 aromatic rings. The third kappa shape index (κ3) is 5.68. The molecule has 0 unspecified atom stereocenters. The zero-order chi connectivity index (χ0) is 25.3. The van der Waals surface area contributed by atoms with Crippen molar-refractivity contribution in [1.82, 2.24) is 20.4 Å². The molecule has 0 aliphatic carbocycles. The summed E-state index contributed by atoms with van der Waals surface area (Å²) in [7, 11) is 0. The molecular formula is C24H28Cl2FN5O3. The van der Waals surface area contributed by atoms with Crippen LogP contribution in [0.1, 0.15) is 45.1 Å². The topological polar surface area (TPSA) is 87.7 Å². The summed E-state index contributed by atoms with van der Waals surface area (Å²) in [5.74, 6) is -1.08. The number of hydrogen-bond donors (Lipinski definition) is 1. The van der Waals surface area contributed by atoms with Gasteiger partial charge in [-0.3, -0.25) is 9.69 Å². The highest BCUT2D eigenvalue weighted by molar-refractivity contribution is 6.43. The van der Waals surface area contributed by atoms with E-state index in [1.165, 1.54) is 17.2 Å². The summed E-state index contributed by atoms with van der Waals surface area (Å²) in [5.41, 5.74) is 0.511. The van der Waals surface area contributed by atoms with Gasteiger partial charge in [0.05, 0.1) is 23.5 Å². The Hall–Kier alpha value is -2.49. The van der Waals surface area contributed by atoms with Gasteiger partial charge in [-0.2, -0.15) is 5.10 Å². The zero-order valence-electron chi connectivity index (χ0n) is 19.9. The SMILES string of the molecule is CC(C)(C)OC(=O)N1CCC(c2ccc(N(C(=O)C3CNC3)c3cnnc(Cl)c3Cl)c(F)c2)CC1. The normalized spacial score (nSPS) is 17.1. The average Bonchev–Trinajstić information content (AvgIpc) is 2.75. The predicted octanol–water partition coefficient (Wildman–Crippen LogP) is 4.92. The molecular weight excluding hydrogens is 496 g/mol. The second kappa shape index (κ2) is 10.2. The van der Waals surface area contributed by atoms with Crippen molar-refractivity contribution in [2.45, 2.75) is 45.1 Å². The number of rotatable bonds is 4. The Bertz CT molecular complexity index is 1110. The number of carbonyl (C=O) groups excluding carboxylic acids is 2. The molecule has 1 aromatic heterocycles. The zero-order valence-corrected chi connectivity index (χ0v) is 21.4. The third-order valence-corrected chi connectivity index (χ3v) is 6.89. The molecule has 0 saturated carbocycles. The van der Waals surface area contributed by atoms with E-state index in [1.807, 2.05) is 26.8 Å². The van der Waals surface area contributed by atoms with E-state index >= 15 is 4.39 Å². The number of halogens is 3. The average molecular weight is 524 g/mol. The second-order valence-corrected chi connectivity index (χ2v) is 10.6. The highest BCUT2D eigenvalue weighted by Gasteiger charge is 2.34. The number of anilines is 2. The summed E-state index contributed by atoms with van der Waals surface area (Å²) in [6, 6.07) is 4.85. The Morgan fingerprint density at radius 3 is 2.43 bits per heavy atom. The molecule has 188 valence electrons. The van der Waals surface area contributed by atoms with Gasteiger partial charge in [0.15, 0.2) is 5.15 Å². The summed E-state index contributed by atoms with van der Waals surface area (Å²) < 4.78 is 21.0. The largest absolute Gasteiger partial charge is 0.444 e. The van der Waals surface area contributed by atoms with E-state index < -0.39 is 11.4 Å². The van der Waals surface area contributed by atoms with Crippen LogP contribution in [0.15, 0.2) is 24.4 Å². The van der Waals surface area contributed by atoms with Crippen LogP contribution in [-0.2, 0) is 9.53 Å². The molecule has 0 atom stereocenters. The van der Waals surface area contributed by atoms with E-state index in [9.17, 15) is 9.59 Å². The van der Waals surface area contributed by atoms with Gasteiger partial charge in [-0.1, -0.05) is 29.3 Å². The van der Waals surface area contributed by atoms with Gasteiger partial charge in [-0.05, 0) is 57.2 Å². The van der Waals surface area contributed by atoms with Gasteiger partial charge in [0.1, 0.15) is 16.4 Å². The van der Waals surface area contributed by atoms with Crippen LogP contribution in [0.25, 0.3) is 0 Å². The number of nitrogens with one attached hydrogen (secondary N) is 1. The second-order valence-electron chi connectivity index (χ2n) is 9.82. The van der Waals surface area contributed by atoms with E-state index in [0.717, 1.165) is 5.56 Å². The van der Waals surface area contributed by atoms with Crippen molar-refractivity contribution >= 4 is 46.6 Å². The summed E-state index contributed by atoms with van der Waals surface area (Å²) in [6.45, 7) is 7.55. The summed E-state index contributed by atoms with van der Waals surface area (Å²) in [5, 5.41) is 10.5. The van der Waals surface area contributed by atoms with E-state index in [0.29, 0.717) is 39.0 Å². The number of aromatic nitrogens is 2. The fourth-order valence-electron chi connectivity index (χ4n) is 4.19. The molecule has 0 bridgehead atoms. The lowest BCUT2D eigenvalue weighted by Gasteiger charge is -2.34. The monoisotopic (exact) mass is 523 g/mol. The standard InChI is InChI=1S/C24H28Cl2FN5O3/c1-24(2,3)35-23(34)31-8-6-14(7-9-31)15-4-5-18(17(27)10-15)32(22(33)16-11-28-12-16)19-13-29-30-21(26)20(19)25/h4-5,10,13-14,16,28H,6-9,11-12H2,1-3H3. The summed E-state index contributed by atoms with van der Waals surface area (Å²) >= 11 is 12.4. The van der Waals surface area contributed by atoms with Crippen LogP contribution in [0.2, 0.25) is 10.2 Å². The number of likely N-dealkylation sites (tertiary alicyclic amines) is 1. The third-order valence-electron chi connectivity index (χ3n) is 6.15. The smallest absolute Gasteiger partial charge is 0.410 e. The molecule has 2 fully saturated rings. The molecule has 1 aromatic carbocycles. The molecule has 2 amide bonds. The minimum absolute atomic E-state index is 0.0280. The van der Waals surface area contributed by atoms with Crippen LogP contribution in [-0.4, -0.2) is 58.9 Å². The van der Waals surface area contributed by atoms with Crippen LogP contribution in [0, 0.1) is 11.7 Å². The number of benzene rings is 1. The van der Waals surface area contributed by atoms with Crippen LogP contribution >= 0.6 is 23.2 Å². The first-order chi connectivity index (χ1) is 16.5. The number of piperidine rings is 1. The summed E-state index contributed by atoms with van der Waals surface area (Å²) in [6.07, 6.45) is 2.34. The molecule has 0 radical (unpaired) electrons. The van der Waals surface area contributed by atoms with Gasteiger partial charge in [0.25, 0.3) is 0 Å². The lowest BCUT2D eigenvalue weighted by Crippen LogP contribution is -2.51. The first-order valence-electron chi connectivity index (χ1n) is 11.5. The molecule has 2 aliphatic heterocycles. The fraction of sp³-hybridized carbons (Fsp3) is 0.500. The van der Waals surface area contributed by atoms with Crippen molar-refractivity contribution in [3.05, 3.63) is 46.0 Å². The Morgan fingerprint density at radius 1 is 1.17 bits per heavy atom. The first kappa shape index (κ1) is 25.6. The molecule has 8 nitrogen and oxygen atoms in total. The van der Waals surface area contributed by atoms with Crippen molar-refractivity contribution in [2.24, 2.45) is 5.92 Å². The Balaban J connectivity index is 1.55. The van der Waals surface area contributed by atoms with Crippen molar-refractivity contribution in [3.8, 4) is 0 Å². The molecule has 0 spiro atoms. The van der Waals surface area contributed by atoms with Crippen molar-refractivity contribution < 1.29 is 18.7 Å². The fourth-order valence-corrected chi connectivity index (χ4v) is 4.50. The molecule has 11 heteroatoms. The van der Waals surface area contributed by atoms with Gasteiger partial charge in [0.2, 0.25) is 5.91 Å². The quantitative estimate of drug-likeness (QED) is 0.611. The van der Waals surface area contributed by atoms with Crippen molar-refractivity contribution in [1.29, 1.82) is 0 Å². The lowest BCUT2D eigenvalue weighted by atomic mass is 9.89. The van der Waals surface area contributed by atoms with E-state index in [2.05, 4.69) is 15.5 Å². The highest BCUT2D eigenvalue weighted by atomic mass is 35.5. The van der Waals surface area contributed by atoms with Gasteiger partial charge >= 0.3 is 6.09 Å². The number of nitrogens with zero attached hydrogens (tertiary/aromatic N) is 4. The van der Waals surface area contributed by atoms with Crippen LogP contribution < -0.4 is 10.2 Å². The van der Waals surface area contributed by atoms with E-state index in [-0.39, 0.29) is 45.4 Å². The minimum Gasteiger partial charge on any atom is -0.444 e. The molecule has 1 N–H and O–H groups in total. The Labute approximate surface area is 213 Å². The van der Waals surface area contributed by atoms with Crippen molar-refractivity contribution in [2.75, 3.05) is 31.1 Å². The van der Waals surface area contributed by atoms with Gasteiger partial charge in [-0.25, -0.2) is 9.18 Å².